The molecule has 1 aliphatic carbocycles. The SMILES string of the molecule is CC=CC(C)C1CC=CC=C1C(=N)c1ccccc1/C=C\CO/C(C)=C\C(C)=O.CCCC. The van der Waals surface area contributed by atoms with Crippen molar-refractivity contribution >= 4 is 17.6 Å². The average molecular weight is 448 g/mol. The van der Waals surface area contributed by atoms with E-state index in [0.29, 0.717) is 29.9 Å². The number of carbonyl (C=O) groups is 1. The molecule has 1 aromatic carbocycles. The van der Waals surface area contributed by atoms with Gasteiger partial charge in [0.05, 0.1) is 11.5 Å². The predicted molar refractivity (Wildman–Crippen MR) is 143 cm³/mol. The van der Waals surface area contributed by atoms with E-state index >= 15 is 0 Å². The molecule has 0 saturated heterocycles. The molecule has 2 rings (SSSR count). The van der Waals surface area contributed by atoms with Gasteiger partial charge in [0.25, 0.3) is 0 Å². The van der Waals surface area contributed by atoms with Crippen LogP contribution in [0.5, 0.6) is 0 Å². The molecule has 2 unspecified atom stereocenters. The molecule has 0 bridgehead atoms. The molecule has 0 radical (unpaired) electrons. The topological polar surface area (TPSA) is 50.1 Å². The van der Waals surface area contributed by atoms with Crippen LogP contribution in [0.2, 0.25) is 0 Å². The van der Waals surface area contributed by atoms with Crippen LogP contribution in [0, 0.1) is 17.2 Å². The fourth-order valence-electron chi connectivity index (χ4n) is 3.56. The molecule has 3 nitrogen and oxygen atoms in total. The van der Waals surface area contributed by atoms with E-state index in [-0.39, 0.29) is 5.78 Å². The van der Waals surface area contributed by atoms with Gasteiger partial charge in [0.15, 0.2) is 5.78 Å². The van der Waals surface area contributed by atoms with Gasteiger partial charge in [0.2, 0.25) is 0 Å². The molecule has 1 aliphatic rings. The zero-order valence-corrected chi connectivity index (χ0v) is 21.2. The number of unbranched alkanes of at least 4 members (excludes halogenated alkanes) is 1. The average Bonchev–Trinajstić information content (AvgIpc) is 2.81. The van der Waals surface area contributed by atoms with Gasteiger partial charge in [-0.1, -0.05) is 94.3 Å². The first kappa shape index (κ1) is 28.1. The van der Waals surface area contributed by atoms with Crippen LogP contribution in [0.15, 0.2) is 78.1 Å². The lowest BCUT2D eigenvalue weighted by molar-refractivity contribution is -0.112. The van der Waals surface area contributed by atoms with Crippen molar-refractivity contribution in [1.82, 2.24) is 0 Å². The number of hydrogen-bond acceptors (Lipinski definition) is 3. The molecule has 1 N–H and O–H groups in total. The summed E-state index contributed by atoms with van der Waals surface area (Å²) in [5.74, 6) is 1.26. The van der Waals surface area contributed by atoms with Crippen LogP contribution >= 0.6 is 0 Å². The Morgan fingerprint density at radius 2 is 1.91 bits per heavy atom. The fourth-order valence-corrected chi connectivity index (χ4v) is 3.56. The van der Waals surface area contributed by atoms with Crippen molar-refractivity contribution in [3.05, 3.63) is 89.3 Å². The highest BCUT2D eigenvalue weighted by Crippen LogP contribution is 2.32. The van der Waals surface area contributed by atoms with Gasteiger partial charge < -0.3 is 4.74 Å². The molecule has 0 aliphatic heterocycles. The van der Waals surface area contributed by atoms with Crippen LogP contribution in [0.3, 0.4) is 0 Å². The lowest BCUT2D eigenvalue weighted by atomic mass is 9.78. The van der Waals surface area contributed by atoms with Gasteiger partial charge >= 0.3 is 0 Å². The number of nitrogens with one attached hydrogen (secondary N) is 1. The van der Waals surface area contributed by atoms with Gasteiger partial charge in [0.1, 0.15) is 6.61 Å². The van der Waals surface area contributed by atoms with Crippen molar-refractivity contribution < 1.29 is 9.53 Å². The van der Waals surface area contributed by atoms with Gasteiger partial charge in [-0.05, 0) is 56.2 Å². The molecule has 0 spiro atoms. The van der Waals surface area contributed by atoms with Crippen molar-refractivity contribution in [1.29, 1.82) is 5.41 Å². The van der Waals surface area contributed by atoms with E-state index in [1.807, 2.05) is 43.3 Å². The van der Waals surface area contributed by atoms with Crippen molar-refractivity contribution in [2.75, 3.05) is 6.61 Å². The minimum absolute atomic E-state index is 0.0261. The summed E-state index contributed by atoms with van der Waals surface area (Å²) in [6.45, 7) is 12.3. The minimum atomic E-state index is -0.0261. The summed E-state index contributed by atoms with van der Waals surface area (Å²) in [5.41, 5.74) is 3.56. The van der Waals surface area contributed by atoms with Crippen LogP contribution in [0.25, 0.3) is 6.08 Å². The second kappa shape index (κ2) is 15.8. The number of rotatable bonds is 10. The maximum atomic E-state index is 11.1. The van der Waals surface area contributed by atoms with E-state index in [4.69, 9.17) is 10.1 Å². The Labute approximate surface area is 201 Å². The first-order chi connectivity index (χ1) is 15.8. The van der Waals surface area contributed by atoms with Gasteiger partial charge in [-0.2, -0.15) is 0 Å². The summed E-state index contributed by atoms with van der Waals surface area (Å²) in [5, 5.41) is 8.91. The van der Waals surface area contributed by atoms with Gasteiger partial charge in [-0.25, -0.2) is 0 Å². The number of allylic oxidation sites excluding steroid dienone is 8. The highest BCUT2D eigenvalue weighted by atomic mass is 16.5. The molecule has 1 aromatic rings. The maximum Gasteiger partial charge on any atom is 0.155 e. The summed E-state index contributed by atoms with van der Waals surface area (Å²) in [4.78, 5) is 11.1. The van der Waals surface area contributed by atoms with Crippen LogP contribution in [0.4, 0.5) is 0 Å². The van der Waals surface area contributed by atoms with E-state index in [0.717, 1.165) is 23.1 Å². The summed E-state index contributed by atoms with van der Waals surface area (Å²) in [6.07, 6.45) is 19.6. The van der Waals surface area contributed by atoms with E-state index in [2.05, 4.69) is 51.2 Å². The second-order valence-corrected chi connectivity index (χ2v) is 8.32. The summed E-state index contributed by atoms with van der Waals surface area (Å²) >= 11 is 0. The third kappa shape index (κ3) is 10.0. The van der Waals surface area contributed by atoms with Crippen LogP contribution < -0.4 is 0 Å². The quantitative estimate of drug-likeness (QED) is 0.170. The zero-order chi connectivity index (χ0) is 24.6. The predicted octanol–water partition coefficient (Wildman–Crippen LogP) is 8.10. The maximum absolute atomic E-state index is 11.1. The van der Waals surface area contributed by atoms with Gasteiger partial charge in [-0.15, -0.1) is 0 Å². The largest absolute Gasteiger partial charge is 0.494 e. The smallest absolute Gasteiger partial charge is 0.155 e. The molecule has 2 atom stereocenters. The molecule has 0 heterocycles. The Balaban J connectivity index is 0.00000125. The third-order valence-electron chi connectivity index (χ3n) is 5.46. The molecular weight excluding hydrogens is 406 g/mol. The van der Waals surface area contributed by atoms with Crippen molar-refractivity contribution in [2.45, 2.75) is 60.8 Å². The highest BCUT2D eigenvalue weighted by Gasteiger charge is 2.24. The first-order valence-electron chi connectivity index (χ1n) is 12.0. The number of ketones is 1. The molecule has 178 valence electrons. The number of hydrogen-bond donors (Lipinski definition) is 1. The molecule has 0 fully saturated rings. The van der Waals surface area contributed by atoms with Crippen LogP contribution in [-0.4, -0.2) is 18.1 Å². The van der Waals surface area contributed by atoms with E-state index < -0.39 is 0 Å². The lowest BCUT2D eigenvalue weighted by Crippen LogP contribution is -2.21. The van der Waals surface area contributed by atoms with Crippen molar-refractivity contribution in [2.24, 2.45) is 11.8 Å². The monoisotopic (exact) mass is 447 g/mol. The normalized spacial score (nSPS) is 16.8. The molecule has 0 amide bonds. The Morgan fingerprint density at radius 1 is 1.21 bits per heavy atom. The zero-order valence-electron chi connectivity index (χ0n) is 21.2. The van der Waals surface area contributed by atoms with E-state index in [9.17, 15) is 4.79 Å². The molecular formula is C30H41NO2. The molecule has 3 heteroatoms. The van der Waals surface area contributed by atoms with Crippen molar-refractivity contribution in [3.63, 3.8) is 0 Å². The van der Waals surface area contributed by atoms with Crippen LogP contribution in [0.1, 0.15) is 71.9 Å². The number of benzene rings is 1. The molecule has 0 saturated carbocycles. The highest BCUT2D eigenvalue weighted by molar-refractivity contribution is 6.13. The fraction of sp³-hybridized carbons (Fsp3) is 0.400. The lowest BCUT2D eigenvalue weighted by Gasteiger charge is -2.27. The second-order valence-electron chi connectivity index (χ2n) is 8.32. The Bertz CT molecular complexity index is 913. The standard InChI is InChI=1S/C26H31NO2.C4H10/c1-5-11-19(2)23-14-8-9-16-25(23)26(27)24-15-7-6-12-22(24)13-10-17-29-21(4)18-20(3)28;1-3-4-2/h5-13,15-16,18-19,23,27H,14,17H2,1-4H3;3-4H2,1-2H3/b11-5?,13-10-,21-18-,27-26?;. The van der Waals surface area contributed by atoms with Gasteiger partial charge in [0, 0.05) is 11.6 Å². The van der Waals surface area contributed by atoms with Crippen LogP contribution in [-0.2, 0) is 9.53 Å². The number of ether oxygens (including phenoxy) is 1. The Morgan fingerprint density at radius 3 is 2.55 bits per heavy atom. The Hall–Kier alpha value is -2.94. The van der Waals surface area contributed by atoms with E-state index in [1.165, 1.54) is 25.8 Å². The molecule has 0 aromatic heterocycles. The molecule has 33 heavy (non-hydrogen) atoms. The first-order valence-corrected chi connectivity index (χ1v) is 12.0. The summed E-state index contributed by atoms with van der Waals surface area (Å²) in [7, 11) is 0. The minimum Gasteiger partial charge on any atom is -0.494 e. The van der Waals surface area contributed by atoms with Crippen molar-refractivity contribution in [3.8, 4) is 0 Å². The number of carbonyl (C=O) groups excluding carboxylic acids is 1. The third-order valence-corrected chi connectivity index (χ3v) is 5.46. The van der Waals surface area contributed by atoms with Gasteiger partial charge in [-0.3, -0.25) is 10.2 Å². The summed E-state index contributed by atoms with van der Waals surface area (Å²) < 4.78 is 5.54. The van der Waals surface area contributed by atoms with E-state index in [1.54, 1.807) is 6.92 Å². The summed E-state index contributed by atoms with van der Waals surface area (Å²) in [6, 6.07) is 7.97. The Kier molecular flexibility index (Phi) is 13.4.